The molecule has 5 heteroatoms. The van der Waals surface area contributed by atoms with Gasteiger partial charge in [0.2, 0.25) is 5.91 Å². The zero-order valence-corrected chi connectivity index (χ0v) is 18.0. The molecule has 160 valence electrons. The molecular formula is C25H32N2O3. The van der Waals surface area contributed by atoms with Crippen molar-refractivity contribution in [1.82, 2.24) is 10.2 Å². The summed E-state index contributed by atoms with van der Waals surface area (Å²) in [6.07, 6.45) is 4.54. The first kappa shape index (κ1) is 20.7. The number of piperidine rings is 1. The molecule has 1 N–H and O–H groups in total. The summed E-state index contributed by atoms with van der Waals surface area (Å²) < 4.78 is 11.1. The topological polar surface area (TPSA) is 50.8 Å². The standard InChI is InChI=1S/C25H32N2O3/c1-18-7-5-6-12-27(18)16-20-9-4-3-8-19(20)15-26-25(28)22-13-21-14-23(29-2)10-11-24(21)30-17-22/h3-4,8-11,14,18,22H,5-7,12-13,15-17H2,1-2H3,(H,26,28). The first-order valence-electron chi connectivity index (χ1n) is 11.0. The van der Waals surface area contributed by atoms with E-state index in [1.165, 1.54) is 30.4 Å². The highest BCUT2D eigenvalue weighted by Crippen LogP contribution is 2.30. The lowest BCUT2D eigenvalue weighted by atomic mass is 9.95. The molecule has 2 atom stereocenters. The molecule has 0 aromatic heterocycles. The van der Waals surface area contributed by atoms with E-state index < -0.39 is 0 Å². The Bertz CT molecular complexity index is 882. The number of carbonyl (C=O) groups excluding carboxylic acids is 1. The molecule has 0 saturated carbocycles. The largest absolute Gasteiger partial charge is 0.497 e. The SMILES string of the molecule is COc1ccc2c(c1)CC(C(=O)NCc1ccccc1CN1CCCCC1C)CO2. The summed E-state index contributed by atoms with van der Waals surface area (Å²) in [4.78, 5) is 15.4. The van der Waals surface area contributed by atoms with Crippen molar-refractivity contribution in [2.45, 2.75) is 51.7 Å². The Morgan fingerprint density at radius 3 is 2.83 bits per heavy atom. The Morgan fingerprint density at radius 2 is 2.03 bits per heavy atom. The highest BCUT2D eigenvalue weighted by molar-refractivity contribution is 5.79. The molecule has 1 amide bonds. The average Bonchev–Trinajstić information content (AvgIpc) is 2.79. The molecule has 2 aromatic carbocycles. The second-order valence-electron chi connectivity index (χ2n) is 8.49. The van der Waals surface area contributed by atoms with Gasteiger partial charge in [0.1, 0.15) is 18.1 Å². The fraction of sp³-hybridized carbons (Fsp3) is 0.480. The third-order valence-electron chi connectivity index (χ3n) is 6.43. The van der Waals surface area contributed by atoms with Gasteiger partial charge in [-0.05, 0) is 67.6 Å². The highest BCUT2D eigenvalue weighted by Gasteiger charge is 2.26. The molecule has 4 rings (SSSR count). The number of ether oxygens (including phenoxy) is 2. The van der Waals surface area contributed by atoms with Crippen LogP contribution in [0.25, 0.3) is 0 Å². The van der Waals surface area contributed by atoms with Gasteiger partial charge in [0.05, 0.1) is 13.0 Å². The fourth-order valence-electron chi connectivity index (χ4n) is 4.49. The molecule has 5 nitrogen and oxygen atoms in total. The summed E-state index contributed by atoms with van der Waals surface area (Å²) >= 11 is 0. The van der Waals surface area contributed by atoms with Gasteiger partial charge < -0.3 is 14.8 Å². The van der Waals surface area contributed by atoms with Gasteiger partial charge in [-0.2, -0.15) is 0 Å². The lowest BCUT2D eigenvalue weighted by molar-refractivity contribution is -0.126. The molecule has 2 unspecified atom stereocenters. The second kappa shape index (κ2) is 9.52. The number of nitrogens with zero attached hydrogens (tertiary/aromatic N) is 1. The van der Waals surface area contributed by atoms with Crippen LogP contribution in [0.5, 0.6) is 11.5 Å². The first-order valence-corrected chi connectivity index (χ1v) is 11.0. The molecular weight excluding hydrogens is 376 g/mol. The van der Waals surface area contributed by atoms with Gasteiger partial charge in [-0.1, -0.05) is 30.7 Å². The monoisotopic (exact) mass is 408 g/mol. The van der Waals surface area contributed by atoms with E-state index in [0.29, 0.717) is 25.6 Å². The van der Waals surface area contributed by atoms with Gasteiger partial charge >= 0.3 is 0 Å². The van der Waals surface area contributed by atoms with E-state index in [1.54, 1.807) is 7.11 Å². The van der Waals surface area contributed by atoms with Gasteiger partial charge in [0.25, 0.3) is 0 Å². The quantitative estimate of drug-likeness (QED) is 0.787. The van der Waals surface area contributed by atoms with Gasteiger partial charge in [-0.15, -0.1) is 0 Å². The van der Waals surface area contributed by atoms with Gasteiger partial charge in [0, 0.05) is 19.1 Å². The average molecular weight is 409 g/mol. The zero-order valence-electron chi connectivity index (χ0n) is 18.0. The van der Waals surface area contributed by atoms with Crippen molar-refractivity contribution in [2.75, 3.05) is 20.3 Å². The van der Waals surface area contributed by atoms with Gasteiger partial charge in [0.15, 0.2) is 0 Å². The number of fused-ring (bicyclic) bond motifs is 1. The molecule has 2 aliphatic heterocycles. The van der Waals surface area contributed by atoms with Crippen LogP contribution in [0, 0.1) is 5.92 Å². The van der Waals surface area contributed by atoms with Crippen LogP contribution >= 0.6 is 0 Å². The summed E-state index contributed by atoms with van der Waals surface area (Å²) in [5.41, 5.74) is 3.53. The molecule has 0 spiro atoms. The van der Waals surface area contributed by atoms with E-state index in [4.69, 9.17) is 9.47 Å². The first-order chi connectivity index (χ1) is 14.6. The normalized spacial score (nSPS) is 21.4. The number of carbonyl (C=O) groups is 1. The van der Waals surface area contributed by atoms with E-state index in [-0.39, 0.29) is 11.8 Å². The summed E-state index contributed by atoms with van der Waals surface area (Å²) in [5.74, 6) is 1.50. The number of hydrogen-bond acceptors (Lipinski definition) is 4. The van der Waals surface area contributed by atoms with E-state index in [2.05, 4.69) is 41.4 Å². The lowest BCUT2D eigenvalue weighted by Crippen LogP contribution is -2.38. The van der Waals surface area contributed by atoms with Crippen molar-refractivity contribution >= 4 is 5.91 Å². The van der Waals surface area contributed by atoms with Crippen LogP contribution in [0.2, 0.25) is 0 Å². The Labute approximate surface area is 179 Å². The predicted molar refractivity (Wildman–Crippen MR) is 118 cm³/mol. The van der Waals surface area contributed by atoms with Crippen molar-refractivity contribution in [2.24, 2.45) is 5.92 Å². The van der Waals surface area contributed by atoms with E-state index in [1.807, 2.05) is 18.2 Å². The van der Waals surface area contributed by atoms with Crippen LogP contribution in [0.4, 0.5) is 0 Å². The molecule has 0 aliphatic carbocycles. The zero-order chi connectivity index (χ0) is 20.9. The van der Waals surface area contributed by atoms with Crippen LogP contribution < -0.4 is 14.8 Å². The molecule has 2 aromatic rings. The number of benzene rings is 2. The van der Waals surface area contributed by atoms with Gasteiger partial charge in [-0.3, -0.25) is 9.69 Å². The van der Waals surface area contributed by atoms with Crippen LogP contribution in [0.3, 0.4) is 0 Å². The Balaban J connectivity index is 1.37. The number of likely N-dealkylation sites (tertiary alicyclic amines) is 1. The molecule has 30 heavy (non-hydrogen) atoms. The predicted octanol–water partition coefficient (Wildman–Crippen LogP) is 3.94. The summed E-state index contributed by atoms with van der Waals surface area (Å²) in [6, 6.07) is 14.9. The second-order valence-corrected chi connectivity index (χ2v) is 8.49. The maximum absolute atomic E-state index is 12.9. The lowest BCUT2D eigenvalue weighted by Gasteiger charge is -2.33. The van der Waals surface area contributed by atoms with E-state index in [9.17, 15) is 4.79 Å². The molecule has 2 aliphatic rings. The maximum Gasteiger partial charge on any atom is 0.227 e. The molecule has 1 fully saturated rings. The molecule has 0 bridgehead atoms. The summed E-state index contributed by atoms with van der Waals surface area (Å²) in [7, 11) is 1.65. The summed E-state index contributed by atoms with van der Waals surface area (Å²) in [6.45, 7) is 5.40. The van der Waals surface area contributed by atoms with Gasteiger partial charge in [-0.25, -0.2) is 0 Å². The van der Waals surface area contributed by atoms with Crippen LogP contribution in [0.15, 0.2) is 42.5 Å². The molecule has 0 radical (unpaired) electrons. The van der Waals surface area contributed by atoms with Crippen molar-refractivity contribution < 1.29 is 14.3 Å². The minimum atomic E-state index is -0.182. The number of amides is 1. The third-order valence-corrected chi connectivity index (χ3v) is 6.43. The molecule has 1 saturated heterocycles. The highest BCUT2D eigenvalue weighted by atomic mass is 16.5. The Morgan fingerprint density at radius 1 is 1.20 bits per heavy atom. The smallest absolute Gasteiger partial charge is 0.227 e. The van der Waals surface area contributed by atoms with Crippen molar-refractivity contribution in [3.05, 3.63) is 59.2 Å². The minimum absolute atomic E-state index is 0.0459. The van der Waals surface area contributed by atoms with Crippen LogP contribution in [-0.2, 0) is 24.3 Å². The van der Waals surface area contributed by atoms with Crippen LogP contribution in [-0.4, -0.2) is 37.1 Å². The van der Waals surface area contributed by atoms with Crippen molar-refractivity contribution in [1.29, 1.82) is 0 Å². The fourth-order valence-corrected chi connectivity index (χ4v) is 4.49. The van der Waals surface area contributed by atoms with E-state index >= 15 is 0 Å². The Kier molecular flexibility index (Phi) is 6.58. The maximum atomic E-state index is 12.9. The number of nitrogens with one attached hydrogen (secondary N) is 1. The summed E-state index contributed by atoms with van der Waals surface area (Å²) in [5, 5.41) is 3.15. The van der Waals surface area contributed by atoms with Crippen molar-refractivity contribution in [3.8, 4) is 11.5 Å². The van der Waals surface area contributed by atoms with E-state index in [0.717, 1.165) is 30.2 Å². The number of hydrogen-bond donors (Lipinski definition) is 1. The van der Waals surface area contributed by atoms with Crippen molar-refractivity contribution in [3.63, 3.8) is 0 Å². The third kappa shape index (κ3) is 4.78. The van der Waals surface area contributed by atoms with Crippen LogP contribution in [0.1, 0.15) is 42.9 Å². The molecule has 2 heterocycles. The Hall–Kier alpha value is -2.53. The number of methoxy groups -OCH3 is 1. The minimum Gasteiger partial charge on any atom is -0.497 e. The number of rotatable bonds is 6.